The minimum absolute atomic E-state index is 0.139. The van der Waals surface area contributed by atoms with Crippen LogP contribution in [0.15, 0.2) is 41.8 Å². The van der Waals surface area contributed by atoms with Crippen molar-refractivity contribution in [1.82, 2.24) is 0 Å². The Bertz CT molecular complexity index is 548. The molecule has 4 heteroatoms. The van der Waals surface area contributed by atoms with Crippen LogP contribution in [0.4, 0.5) is 5.69 Å². The normalized spacial score (nSPS) is 19.5. The number of benzene rings is 1. The fraction of sp³-hybridized carbons (Fsp3) is 0.214. The summed E-state index contributed by atoms with van der Waals surface area (Å²) in [5, 5.41) is 2.20. The van der Waals surface area contributed by atoms with Gasteiger partial charge in [0.15, 0.2) is 0 Å². The summed E-state index contributed by atoms with van der Waals surface area (Å²) in [6.07, 6.45) is 0. The average Bonchev–Trinajstić information content (AvgIpc) is 2.99. The monoisotopic (exact) mass is 275 g/mol. The van der Waals surface area contributed by atoms with E-state index >= 15 is 0 Å². The summed E-state index contributed by atoms with van der Waals surface area (Å²) in [6, 6.07) is 12.3. The van der Waals surface area contributed by atoms with Crippen LogP contribution in [-0.2, 0) is 4.79 Å². The Morgan fingerprint density at radius 1 is 1.22 bits per heavy atom. The Balaban J connectivity index is 1.97. The van der Waals surface area contributed by atoms with Crippen LogP contribution in [0.25, 0.3) is 0 Å². The van der Waals surface area contributed by atoms with Crippen molar-refractivity contribution in [2.45, 2.75) is 12.3 Å². The molecule has 18 heavy (non-hydrogen) atoms. The minimum atomic E-state index is 0.139. The van der Waals surface area contributed by atoms with Crippen molar-refractivity contribution < 1.29 is 4.79 Å². The maximum atomic E-state index is 12.1. The molecule has 0 N–H and O–H groups in total. The first kappa shape index (κ1) is 11.8. The number of aryl methyl sites for hydroxylation is 1. The largest absolute Gasteiger partial charge is 0.294 e. The van der Waals surface area contributed by atoms with Crippen molar-refractivity contribution in [1.29, 1.82) is 0 Å². The SMILES string of the molecule is Cc1ccc(N2C(=O)CS[C@@H]2c2cccs2)cc1. The lowest BCUT2D eigenvalue weighted by Gasteiger charge is -2.23. The third-order valence-electron chi connectivity index (χ3n) is 2.97. The number of hydrogen-bond donors (Lipinski definition) is 0. The number of thiophene rings is 1. The van der Waals surface area contributed by atoms with Crippen LogP contribution in [0.1, 0.15) is 15.8 Å². The van der Waals surface area contributed by atoms with Crippen molar-refractivity contribution in [3.8, 4) is 0 Å². The molecule has 1 aromatic carbocycles. The van der Waals surface area contributed by atoms with Crippen LogP contribution in [0, 0.1) is 6.92 Å². The molecule has 2 heterocycles. The highest BCUT2D eigenvalue weighted by molar-refractivity contribution is 8.01. The van der Waals surface area contributed by atoms with E-state index in [2.05, 4.69) is 30.5 Å². The highest BCUT2D eigenvalue weighted by Gasteiger charge is 2.34. The lowest BCUT2D eigenvalue weighted by atomic mass is 10.2. The van der Waals surface area contributed by atoms with Crippen molar-refractivity contribution in [2.24, 2.45) is 0 Å². The number of amides is 1. The van der Waals surface area contributed by atoms with Crippen molar-refractivity contribution >= 4 is 34.7 Å². The fourth-order valence-corrected chi connectivity index (χ4v) is 4.19. The number of rotatable bonds is 2. The Morgan fingerprint density at radius 2 is 2.00 bits per heavy atom. The van der Waals surface area contributed by atoms with E-state index in [9.17, 15) is 4.79 Å². The van der Waals surface area contributed by atoms with E-state index in [-0.39, 0.29) is 11.3 Å². The Morgan fingerprint density at radius 3 is 2.67 bits per heavy atom. The molecule has 1 aliphatic heterocycles. The molecular weight excluding hydrogens is 262 g/mol. The highest BCUT2D eigenvalue weighted by Crippen LogP contribution is 2.43. The molecule has 0 saturated carbocycles. The zero-order chi connectivity index (χ0) is 12.5. The molecule has 0 radical (unpaired) electrons. The number of carbonyl (C=O) groups excluding carboxylic acids is 1. The molecule has 1 saturated heterocycles. The maximum Gasteiger partial charge on any atom is 0.238 e. The predicted molar refractivity (Wildman–Crippen MR) is 78.2 cm³/mol. The van der Waals surface area contributed by atoms with Crippen LogP contribution in [0.3, 0.4) is 0 Å². The van der Waals surface area contributed by atoms with Crippen LogP contribution in [0.5, 0.6) is 0 Å². The molecule has 0 unspecified atom stereocenters. The van der Waals surface area contributed by atoms with Gasteiger partial charge in [-0.3, -0.25) is 9.69 Å². The molecule has 1 fully saturated rings. The van der Waals surface area contributed by atoms with Gasteiger partial charge in [-0.1, -0.05) is 23.8 Å². The summed E-state index contributed by atoms with van der Waals surface area (Å²) in [5.41, 5.74) is 2.21. The summed E-state index contributed by atoms with van der Waals surface area (Å²) in [7, 11) is 0. The standard InChI is InChI=1S/C14H13NOS2/c1-10-4-6-11(7-5-10)15-13(16)9-18-14(15)12-3-2-8-17-12/h2-8,14H,9H2,1H3/t14-/m1/s1. The molecule has 1 aromatic heterocycles. The zero-order valence-corrected chi connectivity index (χ0v) is 11.6. The van der Waals surface area contributed by atoms with Gasteiger partial charge < -0.3 is 0 Å². The van der Waals surface area contributed by atoms with Gasteiger partial charge in [0.25, 0.3) is 0 Å². The molecule has 92 valence electrons. The van der Waals surface area contributed by atoms with Gasteiger partial charge >= 0.3 is 0 Å². The number of carbonyl (C=O) groups is 1. The Labute approximate surface area is 115 Å². The topological polar surface area (TPSA) is 20.3 Å². The number of anilines is 1. The first-order chi connectivity index (χ1) is 8.75. The number of thioether (sulfide) groups is 1. The minimum Gasteiger partial charge on any atom is -0.294 e. The van der Waals surface area contributed by atoms with E-state index in [0.717, 1.165) is 5.69 Å². The van der Waals surface area contributed by atoms with Gasteiger partial charge in [0.05, 0.1) is 5.75 Å². The van der Waals surface area contributed by atoms with Crippen LogP contribution >= 0.6 is 23.1 Å². The third kappa shape index (κ3) is 2.06. The second-order valence-electron chi connectivity index (χ2n) is 4.28. The van der Waals surface area contributed by atoms with Gasteiger partial charge in [0.1, 0.15) is 5.37 Å². The van der Waals surface area contributed by atoms with Gasteiger partial charge in [0, 0.05) is 10.6 Å². The zero-order valence-electron chi connectivity index (χ0n) is 10.00. The van der Waals surface area contributed by atoms with Gasteiger partial charge in [-0.05, 0) is 30.5 Å². The molecule has 1 amide bonds. The summed E-state index contributed by atoms with van der Waals surface area (Å²) >= 11 is 3.41. The summed E-state index contributed by atoms with van der Waals surface area (Å²) < 4.78 is 0. The summed E-state index contributed by atoms with van der Waals surface area (Å²) in [4.78, 5) is 15.2. The molecule has 0 spiro atoms. The summed E-state index contributed by atoms with van der Waals surface area (Å²) in [6.45, 7) is 2.06. The molecular formula is C14H13NOS2. The molecule has 1 atom stereocenters. The third-order valence-corrected chi connectivity index (χ3v) is 5.23. The van der Waals surface area contributed by atoms with Gasteiger partial charge in [-0.15, -0.1) is 23.1 Å². The predicted octanol–water partition coefficient (Wildman–Crippen LogP) is 3.84. The first-order valence-electron chi connectivity index (χ1n) is 5.79. The smallest absolute Gasteiger partial charge is 0.238 e. The number of nitrogens with zero attached hydrogens (tertiary/aromatic N) is 1. The molecule has 0 bridgehead atoms. The van der Waals surface area contributed by atoms with Crippen LogP contribution in [0.2, 0.25) is 0 Å². The average molecular weight is 275 g/mol. The molecule has 0 aliphatic carbocycles. The molecule has 1 aliphatic rings. The van der Waals surface area contributed by atoms with E-state index in [1.807, 2.05) is 23.1 Å². The Kier molecular flexibility index (Phi) is 3.14. The lowest BCUT2D eigenvalue weighted by molar-refractivity contribution is -0.115. The Hall–Kier alpha value is -1.26. The van der Waals surface area contributed by atoms with Crippen molar-refractivity contribution in [3.05, 3.63) is 52.2 Å². The van der Waals surface area contributed by atoms with Crippen LogP contribution < -0.4 is 4.90 Å². The quantitative estimate of drug-likeness (QED) is 0.830. The fourth-order valence-electron chi connectivity index (χ4n) is 2.05. The van der Waals surface area contributed by atoms with Crippen molar-refractivity contribution in [3.63, 3.8) is 0 Å². The van der Waals surface area contributed by atoms with Gasteiger partial charge in [0.2, 0.25) is 5.91 Å². The molecule has 3 rings (SSSR count). The molecule has 2 aromatic rings. The second kappa shape index (κ2) is 4.78. The maximum absolute atomic E-state index is 12.1. The number of hydrogen-bond acceptors (Lipinski definition) is 3. The second-order valence-corrected chi connectivity index (χ2v) is 6.33. The van der Waals surface area contributed by atoms with Crippen molar-refractivity contribution in [2.75, 3.05) is 10.7 Å². The van der Waals surface area contributed by atoms with E-state index in [4.69, 9.17) is 0 Å². The highest BCUT2D eigenvalue weighted by atomic mass is 32.2. The van der Waals surface area contributed by atoms with E-state index in [0.29, 0.717) is 5.75 Å². The van der Waals surface area contributed by atoms with Gasteiger partial charge in [-0.2, -0.15) is 0 Å². The molecule has 2 nitrogen and oxygen atoms in total. The van der Waals surface area contributed by atoms with Crippen LogP contribution in [-0.4, -0.2) is 11.7 Å². The van der Waals surface area contributed by atoms with Gasteiger partial charge in [-0.25, -0.2) is 0 Å². The lowest BCUT2D eigenvalue weighted by Crippen LogP contribution is -2.27. The first-order valence-corrected chi connectivity index (χ1v) is 7.72. The van der Waals surface area contributed by atoms with E-state index in [1.54, 1.807) is 23.1 Å². The summed E-state index contributed by atoms with van der Waals surface area (Å²) in [5.74, 6) is 0.762. The van der Waals surface area contributed by atoms with E-state index < -0.39 is 0 Å². The van der Waals surface area contributed by atoms with E-state index in [1.165, 1.54) is 10.4 Å².